The Hall–Kier alpha value is -7.42. The average molecular weight is 716 g/mol. The predicted octanol–water partition coefficient (Wildman–Crippen LogP) is 15.4. The van der Waals surface area contributed by atoms with Gasteiger partial charge < -0.3 is 9.32 Å². The highest BCUT2D eigenvalue weighted by Gasteiger charge is 2.20. The molecule has 0 aliphatic heterocycles. The Bertz CT molecular complexity index is 2960. The molecular formula is C54H37NO. The van der Waals surface area contributed by atoms with Crippen LogP contribution in [0.2, 0.25) is 0 Å². The number of para-hydroxylation sites is 2. The highest BCUT2D eigenvalue weighted by Crippen LogP contribution is 2.44. The first-order chi connectivity index (χ1) is 27.8. The van der Waals surface area contributed by atoms with E-state index in [4.69, 9.17) is 4.42 Å². The van der Waals surface area contributed by atoms with Crippen molar-refractivity contribution < 1.29 is 4.42 Å². The van der Waals surface area contributed by atoms with E-state index in [9.17, 15) is 0 Å². The van der Waals surface area contributed by atoms with Crippen LogP contribution in [-0.2, 0) is 0 Å². The van der Waals surface area contributed by atoms with Gasteiger partial charge in [0.1, 0.15) is 11.3 Å². The van der Waals surface area contributed by atoms with Crippen LogP contribution in [0.5, 0.6) is 0 Å². The number of benzene rings is 9. The third-order valence-corrected chi connectivity index (χ3v) is 10.7. The zero-order chi connectivity index (χ0) is 37.3. The van der Waals surface area contributed by atoms with Gasteiger partial charge in [0.15, 0.2) is 0 Å². The van der Waals surface area contributed by atoms with Gasteiger partial charge >= 0.3 is 0 Å². The molecule has 0 amide bonds. The lowest BCUT2D eigenvalue weighted by molar-refractivity contribution is 0.632. The second-order valence-electron chi connectivity index (χ2n) is 14.1. The lowest BCUT2D eigenvalue weighted by Gasteiger charge is -2.28. The maximum Gasteiger partial charge on any atom is 0.143 e. The Labute approximate surface area is 327 Å². The summed E-state index contributed by atoms with van der Waals surface area (Å²) in [5.41, 5.74) is 14.5. The SMILES string of the molecule is c1ccc(-c2ccccc2N(c2ccc(-c3cccc(-c4oc5ccccc5c4-c4ccccc4)c3)cc2)c2cccc(-c3cccc4ccccc34)c2)cc1. The highest BCUT2D eigenvalue weighted by atomic mass is 16.3. The molecule has 2 heteroatoms. The van der Waals surface area contributed by atoms with Crippen molar-refractivity contribution in [2.45, 2.75) is 0 Å². The van der Waals surface area contributed by atoms with E-state index >= 15 is 0 Å². The molecule has 0 saturated heterocycles. The molecule has 0 aliphatic carbocycles. The minimum absolute atomic E-state index is 0.880. The molecular weight excluding hydrogens is 679 g/mol. The van der Waals surface area contributed by atoms with Crippen molar-refractivity contribution in [3.8, 4) is 55.8 Å². The largest absolute Gasteiger partial charge is 0.455 e. The van der Waals surface area contributed by atoms with Gasteiger partial charge in [0, 0.05) is 33.5 Å². The molecule has 10 rings (SSSR count). The highest BCUT2D eigenvalue weighted by molar-refractivity contribution is 6.02. The fraction of sp³-hybridized carbons (Fsp3) is 0. The van der Waals surface area contributed by atoms with Gasteiger partial charge in [-0.2, -0.15) is 0 Å². The quantitative estimate of drug-likeness (QED) is 0.156. The Kier molecular flexibility index (Phi) is 8.55. The first kappa shape index (κ1) is 33.2. The molecule has 1 aromatic heterocycles. The van der Waals surface area contributed by atoms with E-state index in [1.807, 2.05) is 12.1 Å². The molecule has 264 valence electrons. The van der Waals surface area contributed by atoms with Crippen molar-refractivity contribution in [2.75, 3.05) is 4.90 Å². The monoisotopic (exact) mass is 715 g/mol. The normalized spacial score (nSPS) is 11.2. The summed E-state index contributed by atoms with van der Waals surface area (Å²) < 4.78 is 6.59. The summed E-state index contributed by atoms with van der Waals surface area (Å²) in [6.45, 7) is 0. The van der Waals surface area contributed by atoms with Gasteiger partial charge in [0.05, 0.1) is 5.69 Å². The van der Waals surface area contributed by atoms with E-state index in [0.29, 0.717) is 0 Å². The Balaban J connectivity index is 1.08. The van der Waals surface area contributed by atoms with Gasteiger partial charge in [-0.15, -0.1) is 0 Å². The second-order valence-corrected chi connectivity index (χ2v) is 14.1. The van der Waals surface area contributed by atoms with Crippen LogP contribution in [0.3, 0.4) is 0 Å². The van der Waals surface area contributed by atoms with Crippen LogP contribution in [-0.4, -0.2) is 0 Å². The van der Waals surface area contributed by atoms with Crippen molar-refractivity contribution in [1.82, 2.24) is 0 Å². The Morgan fingerprint density at radius 1 is 0.321 bits per heavy atom. The number of hydrogen-bond donors (Lipinski definition) is 0. The van der Waals surface area contributed by atoms with E-state index in [1.54, 1.807) is 0 Å². The molecule has 10 aromatic rings. The molecule has 0 spiro atoms. The Morgan fingerprint density at radius 3 is 1.75 bits per heavy atom. The van der Waals surface area contributed by atoms with Crippen LogP contribution in [0.15, 0.2) is 229 Å². The minimum Gasteiger partial charge on any atom is -0.455 e. The molecule has 0 unspecified atom stereocenters. The number of nitrogens with zero attached hydrogens (tertiary/aromatic N) is 1. The fourth-order valence-corrected chi connectivity index (χ4v) is 8.03. The molecule has 0 radical (unpaired) electrons. The maximum absolute atomic E-state index is 6.59. The Morgan fingerprint density at radius 2 is 0.911 bits per heavy atom. The zero-order valence-corrected chi connectivity index (χ0v) is 30.7. The van der Waals surface area contributed by atoms with Gasteiger partial charge in [0.25, 0.3) is 0 Å². The number of fused-ring (bicyclic) bond motifs is 2. The predicted molar refractivity (Wildman–Crippen MR) is 236 cm³/mol. The lowest BCUT2D eigenvalue weighted by atomic mass is 9.96. The maximum atomic E-state index is 6.59. The molecule has 0 atom stereocenters. The van der Waals surface area contributed by atoms with Crippen LogP contribution in [0.1, 0.15) is 0 Å². The minimum atomic E-state index is 0.880. The van der Waals surface area contributed by atoms with E-state index in [0.717, 1.165) is 61.6 Å². The molecule has 0 saturated carbocycles. The van der Waals surface area contributed by atoms with Crippen molar-refractivity contribution in [2.24, 2.45) is 0 Å². The van der Waals surface area contributed by atoms with Crippen LogP contribution in [0, 0.1) is 0 Å². The molecule has 0 aliphatic rings. The smallest absolute Gasteiger partial charge is 0.143 e. The van der Waals surface area contributed by atoms with Crippen molar-refractivity contribution in [3.63, 3.8) is 0 Å². The summed E-state index contributed by atoms with van der Waals surface area (Å²) in [7, 11) is 0. The summed E-state index contributed by atoms with van der Waals surface area (Å²) in [6, 6.07) is 79.9. The van der Waals surface area contributed by atoms with Gasteiger partial charge in [-0.3, -0.25) is 0 Å². The molecule has 2 nitrogen and oxygen atoms in total. The number of furan rings is 1. The molecule has 9 aromatic carbocycles. The first-order valence-corrected chi connectivity index (χ1v) is 19.1. The van der Waals surface area contributed by atoms with Crippen LogP contribution >= 0.6 is 0 Å². The second kappa shape index (κ2) is 14.4. The summed E-state index contributed by atoms with van der Waals surface area (Å²) in [5, 5.41) is 3.59. The summed E-state index contributed by atoms with van der Waals surface area (Å²) in [5.74, 6) is 0.880. The van der Waals surface area contributed by atoms with Gasteiger partial charge in [0.2, 0.25) is 0 Å². The van der Waals surface area contributed by atoms with Crippen LogP contribution in [0.25, 0.3) is 77.6 Å². The molecule has 0 fully saturated rings. The van der Waals surface area contributed by atoms with E-state index < -0.39 is 0 Å². The average Bonchev–Trinajstić information content (AvgIpc) is 3.67. The van der Waals surface area contributed by atoms with E-state index in [1.165, 1.54) is 33.0 Å². The van der Waals surface area contributed by atoms with Crippen LogP contribution in [0.4, 0.5) is 17.1 Å². The van der Waals surface area contributed by atoms with Crippen LogP contribution < -0.4 is 4.90 Å². The fourth-order valence-electron chi connectivity index (χ4n) is 8.03. The van der Waals surface area contributed by atoms with Crippen molar-refractivity contribution in [3.05, 3.63) is 224 Å². The van der Waals surface area contributed by atoms with Crippen molar-refractivity contribution in [1.29, 1.82) is 0 Å². The topological polar surface area (TPSA) is 16.4 Å². The van der Waals surface area contributed by atoms with E-state index in [-0.39, 0.29) is 0 Å². The lowest BCUT2D eigenvalue weighted by Crippen LogP contribution is -2.11. The van der Waals surface area contributed by atoms with Crippen molar-refractivity contribution >= 4 is 38.8 Å². The zero-order valence-electron chi connectivity index (χ0n) is 30.7. The number of anilines is 3. The third kappa shape index (κ3) is 6.14. The molecule has 1 heterocycles. The molecule has 56 heavy (non-hydrogen) atoms. The molecule has 0 bridgehead atoms. The van der Waals surface area contributed by atoms with Gasteiger partial charge in [-0.25, -0.2) is 0 Å². The third-order valence-electron chi connectivity index (χ3n) is 10.7. The molecule has 0 N–H and O–H groups in total. The summed E-state index contributed by atoms with van der Waals surface area (Å²) in [4.78, 5) is 2.39. The standard InChI is InChI=1S/C54H37NO/c1-3-16-40(17-4-1)49-27-9-11-30-51(49)55(46-25-14-23-43(37-46)48-29-15-21-39-18-7-8-26-47(39)48)45-34-32-38(33-35-45)42-22-13-24-44(36-42)54-53(41-19-5-2-6-20-41)50-28-10-12-31-52(50)56-54/h1-37H. The number of hydrogen-bond acceptors (Lipinski definition) is 2. The summed E-state index contributed by atoms with van der Waals surface area (Å²) in [6.07, 6.45) is 0. The first-order valence-electron chi connectivity index (χ1n) is 19.1. The van der Waals surface area contributed by atoms with Gasteiger partial charge in [-0.05, 0) is 86.6 Å². The number of rotatable bonds is 8. The van der Waals surface area contributed by atoms with Gasteiger partial charge in [-0.1, -0.05) is 182 Å². The summed E-state index contributed by atoms with van der Waals surface area (Å²) >= 11 is 0. The van der Waals surface area contributed by atoms with E-state index in [2.05, 4.69) is 217 Å².